The van der Waals surface area contributed by atoms with E-state index >= 15 is 0 Å². The van der Waals surface area contributed by atoms with Crippen molar-refractivity contribution in [3.05, 3.63) is 22.7 Å². The molecule has 9 heteroatoms. The van der Waals surface area contributed by atoms with Crippen LogP contribution in [0.3, 0.4) is 0 Å². The lowest BCUT2D eigenvalue weighted by atomic mass is 10.2. The molecule has 0 aliphatic heterocycles. The normalized spacial score (nSPS) is 10.3. The Balaban J connectivity index is 2.65. The van der Waals surface area contributed by atoms with Gasteiger partial charge in [-0.25, -0.2) is 9.59 Å². The van der Waals surface area contributed by atoms with Gasteiger partial charge in [-0.15, -0.1) is 0 Å². The molecule has 0 heterocycles. The van der Waals surface area contributed by atoms with Gasteiger partial charge in [0.05, 0.1) is 23.8 Å². The predicted molar refractivity (Wildman–Crippen MR) is 100 cm³/mol. The molecule has 0 saturated carbocycles. The number of ether oxygens (including phenoxy) is 3. The molecular weight excluding hydrogens is 376 g/mol. The van der Waals surface area contributed by atoms with Crippen LogP contribution < -0.4 is 20.1 Å². The van der Waals surface area contributed by atoms with Crippen molar-refractivity contribution in [3.8, 4) is 11.5 Å². The van der Waals surface area contributed by atoms with E-state index in [-0.39, 0.29) is 22.4 Å². The Morgan fingerprint density at radius 1 is 1.22 bits per heavy atom. The molecule has 0 aliphatic carbocycles. The van der Waals surface area contributed by atoms with E-state index in [0.29, 0.717) is 12.3 Å². The van der Waals surface area contributed by atoms with Crippen LogP contribution in [0.2, 0.25) is 5.02 Å². The first kappa shape index (κ1) is 22.6. The van der Waals surface area contributed by atoms with Crippen LogP contribution in [0.5, 0.6) is 11.5 Å². The van der Waals surface area contributed by atoms with E-state index in [2.05, 4.69) is 10.6 Å². The number of unbranched alkanes of at least 4 members (excludes halogenated alkanes) is 1. The summed E-state index contributed by atoms with van der Waals surface area (Å²) in [5.41, 5.74) is 0.0909. The number of hydrogen-bond acceptors (Lipinski definition) is 6. The van der Waals surface area contributed by atoms with Crippen LogP contribution in [-0.4, -0.2) is 44.3 Å². The number of nitrogens with one attached hydrogen (secondary N) is 2. The Morgan fingerprint density at radius 3 is 2.52 bits per heavy atom. The Hall–Kier alpha value is -2.48. The molecule has 8 nitrogen and oxygen atoms in total. The van der Waals surface area contributed by atoms with Gasteiger partial charge >= 0.3 is 12.0 Å². The van der Waals surface area contributed by atoms with E-state index in [1.165, 1.54) is 19.2 Å². The van der Waals surface area contributed by atoms with Gasteiger partial charge in [-0.05, 0) is 32.4 Å². The average molecular weight is 401 g/mol. The second-order valence-electron chi connectivity index (χ2n) is 5.89. The standard InChI is InChI=1S/C18H25ClN2O6/c1-5-6-7-20-18(24)21-15(22)10-26-17(23)12-8-13(19)16(27-11(2)3)14(9-12)25-4/h8-9,11H,5-7,10H2,1-4H3,(H2,20,21,22,24). The maximum Gasteiger partial charge on any atom is 0.338 e. The van der Waals surface area contributed by atoms with Crippen molar-refractivity contribution in [1.29, 1.82) is 0 Å². The lowest BCUT2D eigenvalue weighted by molar-refractivity contribution is -0.123. The number of urea groups is 1. The van der Waals surface area contributed by atoms with E-state index in [1.807, 2.05) is 20.8 Å². The third kappa shape index (κ3) is 7.74. The largest absolute Gasteiger partial charge is 0.493 e. The summed E-state index contributed by atoms with van der Waals surface area (Å²) in [7, 11) is 1.42. The molecule has 1 rings (SSSR count). The molecule has 0 bridgehead atoms. The van der Waals surface area contributed by atoms with Gasteiger partial charge < -0.3 is 19.5 Å². The van der Waals surface area contributed by atoms with E-state index in [4.69, 9.17) is 25.8 Å². The molecule has 0 aliphatic rings. The van der Waals surface area contributed by atoms with Gasteiger partial charge in [-0.3, -0.25) is 10.1 Å². The topological polar surface area (TPSA) is 103 Å². The highest BCUT2D eigenvalue weighted by Crippen LogP contribution is 2.37. The highest BCUT2D eigenvalue weighted by Gasteiger charge is 2.19. The zero-order valence-electron chi connectivity index (χ0n) is 15.9. The molecule has 0 radical (unpaired) electrons. The van der Waals surface area contributed by atoms with Crippen molar-refractivity contribution in [3.63, 3.8) is 0 Å². The van der Waals surface area contributed by atoms with Crippen molar-refractivity contribution in [2.24, 2.45) is 0 Å². The molecule has 0 spiro atoms. The van der Waals surface area contributed by atoms with Gasteiger partial charge in [-0.1, -0.05) is 24.9 Å². The van der Waals surface area contributed by atoms with Gasteiger partial charge in [0.1, 0.15) is 0 Å². The number of halogens is 1. The number of amides is 3. The minimum Gasteiger partial charge on any atom is -0.493 e. The number of carbonyl (C=O) groups excluding carboxylic acids is 3. The molecule has 2 N–H and O–H groups in total. The van der Waals surface area contributed by atoms with Crippen LogP contribution in [0.25, 0.3) is 0 Å². The summed E-state index contributed by atoms with van der Waals surface area (Å²) in [5, 5.41) is 4.77. The lowest BCUT2D eigenvalue weighted by Gasteiger charge is -2.16. The molecule has 150 valence electrons. The SMILES string of the molecule is CCCCNC(=O)NC(=O)COC(=O)c1cc(Cl)c(OC(C)C)c(OC)c1. The first-order chi connectivity index (χ1) is 12.8. The average Bonchev–Trinajstić information content (AvgIpc) is 2.61. The second-order valence-corrected chi connectivity index (χ2v) is 6.30. The lowest BCUT2D eigenvalue weighted by Crippen LogP contribution is -2.41. The summed E-state index contributed by atoms with van der Waals surface area (Å²) < 4.78 is 15.7. The summed E-state index contributed by atoms with van der Waals surface area (Å²) in [4.78, 5) is 35.3. The van der Waals surface area contributed by atoms with Gasteiger partial charge in [0.25, 0.3) is 5.91 Å². The molecule has 1 aromatic rings. The Bertz CT molecular complexity index is 678. The van der Waals surface area contributed by atoms with Crippen LogP contribution in [0.4, 0.5) is 4.79 Å². The van der Waals surface area contributed by atoms with Crippen molar-refractivity contribution >= 4 is 29.5 Å². The van der Waals surface area contributed by atoms with Gasteiger partial charge in [-0.2, -0.15) is 0 Å². The highest BCUT2D eigenvalue weighted by molar-refractivity contribution is 6.32. The third-order valence-electron chi connectivity index (χ3n) is 3.22. The van der Waals surface area contributed by atoms with Gasteiger partial charge in [0.15, 0.2) is 18.1 Å². The van der Waals surface area contributed by atoms with Crippen LogP contribution in [0.1, 0.15) is 44.0 Å². The van der Waals surface area contributed by atoms with Crippen LogP contribution in [0.15, 0.2) is 12.1 Å². The van der Waals surface area contributed by atoms with Crippen molar-refractivity contribution in [1.82, 2.24) is 10.6 Å². The quantitative estimate of drug-likeness (QED) is 0.488. The molecule has 3 amide bonds. The Labute approximate surface area is 163 Å². The Morgan fingerprint density at radius 2 is 1.93 bits per heavy atom. The molecule has 27 heavy (non-hydrogen) atoms. The molecule has 0 fully saturated rings. The molecule has 0 unspecified atom stereocenters. The fourth-order valence-corrected chi connectivity index (χ4v) is 2.24. The first-order valence-electron chi connectivity index (χ1n) is 8.57. The van der Waals surface area contributed by atoms with Crippen molar-refractivity contribution in [2.75, 3.05) is 20.3 Å². The summed E-state index contributed by atoms with van der Waals surface area (Å²) in [6.45, 7) is 5.49. The number of rotatable bonds is 9. The molecule has 0 atom stereocenters. The summed E-state index contributed by atoms with van der Waals surface area (Å²) >= 11 is 6.15. The van der Waals surface area contributed by atoms with E-state index < -0.39 is 24.5 Å². The van der Waals surface area contributed by atoms with Gasteiger partial charge in [0.2, 0.25) is 0 Å². The van der Waals surface area contributed by atoms with E-state index in [0.717, 1.165) is 12.8 Å². The zero-order chi connectivity index (χ0) is 20.4. The first-order valence-corrected chi connectivity index (χ1v) is 8.95. The monoisotopic (exact) mass is 400 g/mol. The second kappa shape index (κ2) is 11.3. The molecule has 1 aromatic carbocycles. The van der Waals surface area contributed by atoms with Crippen LogP contribution >= 0.6 is 11.6 Å². The fraction of sp³-hybridized carbons (Fsp3) is 0.500. The number of hydrogen-bond donors (Lipinski definition) is 2. The van der Waals surface area contributed by atoms with Crippen LogP contribution in [0, 0.1) is 0 Å². The molecule has 0 saturated heterocycles. The zero-order valence-corrected chi connectivity index (χ0v) is 16.6. The minimum atomic E-state index is -0.784. The third-order valence-corrected chi connectivity index (χ3v) is 3.50. The minimum absolute atomic E-state index is 0.0909. The smallest absolute Gasteiger partial charge is 0.338 e. The Kier molecular flexibility index (Phi) is 9.42. The summed E-state index contributed by atoms with van der Waals surface area (Å²) in [5.74, 6) is -0.946. The van der Waals surface area contributed by atoms with E-state index in [1.54, 1.807) is 0 Å². The number of imide groups is 1. The van der Waals surface area contributed by atoms with Crippen molar-refractivity contribution < 1.29 is 28.6 Å². The number of methoxy groups -OCH3 is 1. The summed E-state index contributed by atoms with van der Waals surface area (Å²) in [6.07, 6.45) is 1.58. The van der Waals surface area contributed by atoms with Gasteiger partial charge in [0, 0.05) is 6.54 Å². The summed E-state index contributed by atoms with van der Waals surface area (Å²) in [6, 6.07) is 2.13. The number of esters is 1. The van der Waals surface area contributed by atoms with Crippen LogP contribution in [-0.2, 0) is 9.53 Å². The van der Waals surface area contributed by atoms with Crippen molar-refractivity contribution in [2.45, 2.75) is 39.7 Å². The fourth-order valence-electron chi connectivity index (χ4n) is 1.99. The highest BCUT2D eigenvalue weighted by atomic mass is 35.5. The van der Waals surface area contributed by atoms with E-state index in [9.17, 15) is 14.4 Å². The number of carbonyl (C=O) groups is 3. The maximum absolute atomic E-state index is 12.1. The maximum atomic E-state index is 12.1. The molecular formula is C18H25ClN2O6. The molecule has 0 aromatic heterocycles. The number of benzene rings is 1. The predicted octanol–water partition coefficient (Wildman–Crippen LogP) is 2.92.